The van der Waals surface area contributed by atoms with Crippen LogP contribution in [0.15, 0.2) is 47.1 Å². The van der Waals surface area contributed by atoms with Gasteiger partial charge in [0.25, 0.3) is 0 Å². The standard InChI is InChI=1S/C24H25FN6O3/c1-24(2,3)34-23(32)30-10-8-15(9-11-30)22-27-20-12-16(4-7-21(20)33-22)18-6-5-17(13-19(18)25)31-14-26-28-29-31/h4-7,12-15H,8-11H2,1-3H3. The maximum atomic E-state index is 14.9. The first kappa shape index (κ1) is 22.0. The van der Waals surface area contributed by atoms with Crippen molar-refractivity contribution in [3.63, 3.8) is 0 Å². The van der Waals surface area contributed by atoms with Crippen LogP contribution in [-0.2, 0) is 4.74 Å². The van der Waals surface area contributed by atoms with Crippen LogP contribution in [0.3, 0.4) is 0 Å². The minimum absolute atomic E-state index is 0.113. The Balaban J connectivity index is 1.32. The predicted octanol–water partition coefficient (Wildman–Crippen LogP) is 4.72. The normalized spacial score (nSPS) is 15.1. The number of tetrazole rings is 1. The second-order valence-electron chi connectivity index (χ2n) is 9.39. The summed E-state index contributed by atoms with van der Waals surface area (Å²) in [7, 11) is 0. The zero-order chi connectivity index (χ0) is 23.9. The smallest absolute Gasteiger partial charge is 0.410 e. The molecule has 4 aromatic rings. The fourth-order valence-corrected chi connectivity index (χ4v) is 4.08. The second-order valence-corrected chi connectivity index (χ2v) is 9.39. The maximum absolute atomic E-state index is 14.9. The molecule has 1 amide bonds. The van der Waals surface area contributed by atoms with Crippen molar-refractivity contribution < 1.29 is 18.3 Å². The van der Waals surface area contributed by atoms with Gasteiger partial charge in [-0.25, -0.2) is 18.9 Å². The molecule has 3 heterocycles. The summed E-state index contributed by atoms with van der Waals surface area (Å²) in [6, 6.07) is 10.3. The Morgan fingerprint density at radius 1 is 1.15 bits per heavy atom. The Bertz CT molecular complexity index is 1320. The van der Waals surface area contributed by atoms with Crippen molar-refractivity contribution in [2.24, 2.45) is 0 Å². The van der Waals surface area contributed by atoms with Crippen LogP contribution in [0.2, 0.25) is 0 Å². The van der Waals surface area contributed by atoms with Crippen LogP contribution in [0.25, 0.3) is 27.9 Å². The SMILES string of the molecule is CC(C)(C)OC(=O)N1CCC(c2nc3cc(-c4ccc(-n5cnnn5)cc4F)ccc3o2)CC1. The van der Waals surface area contributed by atoms with E-state index in [-0.39, 0.29) is 17.8 Å². The summed E-state index contributed by atoms with van der Waals surface area (Å²) in [5.74, 6) is 0.373. The highest BCUT2D eigenvalue weighted by atomic mass is 19.1. The average Bonchev–Trinajstić information content (AvgIpc) is 3.48. The van der Waals surface area contributed by atoms with E-state index < -0.39 is 5.60 Å². The predicted molar refractivity (Wildman–Crippen MR) is 122 cm³/mol. The molecule has 0 atom stereocenters. The summed E-state index contributed by atoms with van der Waals surface area (Å²) < 4.78 is 27.7. The Hall–Kier alpha value is -3.82. The minimum Gasteiger partial charge on any atom is -0.444 e. The molecule has 34 heavy (non-hydrogen) atoms. The van der Waals surface area contributed by atoms with E-state index in [2.05, 4.69) is 20.5 Å². The Morgan fingerprint density at radius 2 is 1.94 bits per heavy atom. The van der Waals surface area contributed by atoms with Crippen LogP contribution >= 0.6 is 0 Å². The van der Waals surface area contributed by atoms with Gasteiger partial charge in [-0.05, 0) is 73.9 Å². The molecule has 0 unspecified atom stereocenters. The van der Waals surface area contributed by atoms with Crippen LogP contribution in [0, 0.1) is 5.82 Å². The van der Waals surface area contributed by atoms with Gasteiger partial charge >= 0.3 is 6.09 Å². The zero-order valence-electron chi connectivity index (χ0n) is 19.2. The van der Waals surface area contributed by atoms with Gasteiger partial charge in [0.05, 0.1) is 5.69 Å². The van der Waals surface area contributed by atoms with Gasteiger partial charge in [0.2, 0.25) is 0 Å². The first-order valence-corrected chi connectivity index (χ1v) is 11.2. The molecule has 0 bridgehead atoms. The lowest BCUT2D eigenvalue weighted by atomic mass is 9.97. The minimum atomic E-state index is -0.515. The lowest BCUT2D eigenvalue weighted by Crippen LogP contribution is -2.41. The van der Waals surface area contributed by atoms with Gasteiger partial charge in [-0.3, -0.25) is 0 Å². The number of oxazole rings is 1. The number of amides is 1. The first-order chi connectivity index (χ1) is 16.3. The molecule has 1 aliphatic heterocycles. The van der Waals surface area contributed by atoms with Crippen molar-refractivity contribution in [2.75, 3.05) is 13.1 Å². The summed E-state index contributed by atoms with van der Waals surface area (Å²) in [6.07, 6.45) is 2.61. The molecule has 0 radical (unpaired) electrons. The lowest BCUT2D eigenvalue weighted by molar-refractivity contribution is 0.0199. The van der Waals surface area contributed by atoms with E-state index in [1.807, 2.05) is 39.0 Å². The van der Waals surface area contributed by atoms with E-state index in [0.29, 0.717) is 46.9 Å². The monoisotopic (exact) mass is 464 g/mol. The lowest BCUT2D eigenvalue weighted by Gasteiger charge is -2.32. The molecule has 1 saturated heterocycles. The van der Waals surface area contributed by atoms with E-state index in [0.717, 1.165) is 12.8 Å². The Kier molecular flexibility index (Phi) is 5.51. The number of hydrogen-bond acceptors (Lipinski definition) is 7. The van der Waals surface area contributed by atoms with E-state index in [1.165, 1.54) is 17.1 Å². The summed E-state index contributed by atoms with van der Waals surface area (Å²) in [5.41, 5.74) is 2.50. The maximum Gasteiger partial charge on any atom is 0.410 e. The third-order valence-corrected chi connectivity index (χ3v) is 5.78. The number of rotatable bonds is 3. The summed E-state index contributed by atoms with van der Waals surface area (Å²) in [5, 5.41) is 10.9. The number of halogens is 1. The van der Waals surface area contributed by atoms with Crippen molar-refractivity contribution in [2.45, 2.75) is 45.1 Å². The molecule has 176 valence electrons. The number of benzene rings is 2. The van der Waals surface area contributed by atoms with Gasteiger partial charge in [0.1, 0.15) is 23.3 Å². The van der Waals surface area contributed by atoms with Crippen LogP contribution in [0.4, 0.5) is 9.18 Å². The third-order valence-electron chi connectivity index (χ3n) is 5.78. The number of carbonyl (C=O) groups excluding carboxylic acids is 1. The molecule has 1 fully saturated rings. The van der Waals surface area contributed by atoms with Crippen molar-refractivity contribution in [1.29, 1.82) is 0 Å². The molecule has 10 heteroatoms. The first-order valence-electron chi connectivity index (χ1n) is 11.2. The number of ether oxygens (including phenoxy) is 1. The van der Waals surface area contributed by atoms with Gasteiger partial charge in [-0.1, -0.05) is 6.07 Å². The van der Waals surface area contributed by atoms with Crippen LogP contribution in [-0.4, -0.2) is 54.9 Å². The van der Waals surface area contributed by atoms with Crippen molar-refractivity contribution in [3.8, 4) is 16.8 Å². The highest BCUT2D eigenvalue weighted by Gasteiger charge is 2.29. The molecule has 5 rings (SSSR count). The van der Waals surface area contributed by atoms with Gasteiger partial charge < -0.3 is 14.1 Å². The largest absolute Gasteiger partial charge is 0.444 e. The van der Waals surface area contributed by atoms with Gasteiger partial charge in [0.15, 0.2) is 11.5 Å². The summed E-state index contributed by atoms with van der Waals surface area (Å²) in [6.45, 7) is 6.75. The van der Waals surface area contributed by atoms with Gasteiger partial charge in [-0.15, -0.1) is 5.10 Å². The summed E-state index contributed by atoms with van der Waals surface area (Å²) in [4.78, 5) is 18.7. The van der Waals surface area contributed by atoms with Gasteiger partial charge in [0, 0.05) is 30.6 Å². The van der Waals surface area contributed by atoms with Crippen molar-refractivity contribution in [1.82, 2.24) is 30.1 Å². The topological polar surface area (TPSA) is 99.2 Å². The van der Waals surface area contributed by atoms with E-state index in [1.54, 1.807) is 17.0 Å². The quantitative estimate of drug-likeness (QED) is 0.432. The van der Waals surface area contributed by atoms with Crippen LogP contribution in [0.1, 0.15) is 45.4 Å². The molecule has 9 nitrogen and oxygen atoms in total. The number of nitrogens with zero attached hydrogens (tertiary/aromatic N) is 6. The average molecular weight is 465 g/mol. The van der Waals surface area contributed by atoms with E-state index in [9.17, 15) is 9.18 Å². The molecule has 2 aromatic carbocycles. The molecule has 2 aromatic heterocycles. The molecule has 0 N–H and O–H groups in total. The number of piperidine rings is 1. The fraction of sp³-hybridized carbons (Fsp3) is 0.375. The molecular weight excluding hydrogens is 439 g/mol. The molecule has 0 aliphatic carbocycles. The number of likely N-dealkylation sites (tertiary alicyclic amines) is 1. The number of aromatic nitrogens is 5. The number of carbonyl (C=O) groups is 1. The number of hydrogen-bond donors (Lipinski definition) is 0. The molecule has 0 spiro atoms. The highest BCUT2D eigenvalue weighted by Crippen LogP contribution is 2.33. The highest BCUT2D eigenvalue weighted by molar-refractivity contribution is 5.81. The molecule has 0 saturated carbocycles. The Morgan fingerprint density at radius 3 is 2.62 bits per heavy atom. The van der Waals surface area contributed by atoms with E-state index in [4.69, 9.17) is 9.15 Å². The van der Waals surface area contributed by atoms with E-state index >= 15 is 0 Å². The van der Waals surface area contributed by atoms with Crippen LogP contribution in [0.5, 0.6) is 0 Å². The second kappa shape index (κ2) is 8.51. The fourth-order valence-electron chi connectivity index (χ4n) is 4.08. The van der Waals surface area contributed by atoms with Crippen molar-refractivity contribution >= 4 is 17.2 Å². The molecular formula is C24H25FN6O3. The van der Waals surface area contributed by atoms with Crippen LogP contribution < -0.4 is 0 Å². The zero-order valence-corrected chi connectivity index (χ0v) is 19.2. The number of fused-ring (bicyclic) bond motifs is 1. The third kappa shape index (κ3) is 4.48. The Labute approximate surface area is 195 Å². The molecule has 1 aliphatic rings. The summed E-state index contributed by atoms with van der Waals surface area (Å²) >= 11 is 0. The van der Waals surface area contributed by atoms with Crippen molar-refractivity contribution in [3.05, 3.63) is 54.4 Å². The van der Waals surface area contributed by atoms with Gasteiger partial charge in [-0.2, -0.15) is 0 Å².